The number of ketones is 1. The van der Waals surface area contributed by atoms with Crippen molar-refractivity contribution in [2.24, 2.45) is 5.92 Å². The number of nitrogens with one attached hydrogen (secondary N) is 1. The highest BCUT2D eigenvalue weighted by Crippen LogP contribution is 2.59. The number of carbonyl (C=O) groups is 4. The van der Waals surface area contributed by atoms with E-state index in [1.54, 1.807) is 23.2 Å². The molecular formula is C26H28N4O5. The van der Waals surface area contributed by atoms with Crippen molar-refractivity contribution in [3.63, 3.8) is 0 Å². The Morgan fingerprint density at radius 2 is 1.97 bits per heavy atom. The van der Waals surface area contributed by atoms with Gasteiger partial charge in [-0.1, -0.05) is 12.1 Å². The number of amides is 3. The fourth-order valence-corrected chi connectivity index (χ4v) is 5.21. The van der Waals surface area contributed by atoms with Crippen LogP contribution in [0.1, 0.15) is 42.1 Å². The Bertz CT molecular complexity index is 1150. The number of fused-ring (bicyclic) bond motifs is 1. The average molecular weight is 477 g/mol. The Morgan fingerprint density at radius 1 is 1.17 bits per heavy atom. The first kappa shape index (κ1) is 23.0. The number of pyridine rings is 1. The van der Waals surface area contributed by atoms with Gasteiger partial charge in [0, 0.05) is 43.0 Å². The van der Waals surface area contributed by atoms with Crippen LogP contribution in [0.5, 0.6) is 0 Å². The number of anilines is 1. The van der Waals surface area contributed by atoms with Crippen LogP contribution in [-0.2, 0) is 19.7 Å². The Kier molecular flexibility index (Phi) is 6.00. The zero-order chi connectivity index (χ0) is 24.6. The minimum Gasteiger partial charge on any atom is -0.444 e. The molecular weight excluding hydrogens is 448 g/mol. The number of ether oxygens (including phenoxy) is 1. The van der Waals surface area contributed by atoms with E-state index in [0.717, 1.165) is 17.7 Å². The van der Waals surface area contributed by atoms with E-state index >= 15 is 0 Å². The summed E-state index contributed by atoms with van der Waals surface area (Å²) in [5, 5.41) is 2.68. The molecule has 3 aliphatic rings. The van der Waals surface area contributed by atoms with Gasteiger partial charge in [-0.05, 0) is 55.5 Å². The lowest BCUT2D eigenvalue weighted by molar-refractivity contribution is -0.129. The van der Waals surface area contributed by atoms with Gasteiger partial charge in [-0.2, -0.15) is 0 Å². The molecule has 3 amide bonds. The van der Waals surface area contributed by atoms with E-state index in [9.17, 15) is 19.2 Å². The minimum atomic E-state index is -0.389. The molecule has 0 bridgehead atoms. The van der Waals surface area contributed by atoms with Crippen molar-refractivity contribution in [2.75, 3.05) is 31.1 Å². The number of hydrogen-bond donors (Lipinski definition) is 1. The second-order valence-corrected chi connectivity index (χ2v) is 9.66. The number of nitrogens with zero attached hydrogens (tertiary/aromatic N) is 3. The van der Waals surface area contributed by atoms with Crippen molar-refractivity contribution in [1.82, 2.24) is 15.2 Å². The van der Waals surface area contributed by atoms with Crippen molar-refractivity contribution in [2.45, 2.75) is 37.7 Å². The standard InChI is InChI=1S/C26H28N4O5/c1-17(31)4-9-22-15-30(25(34)35-22)21-7-5-19(6-8-21)26-11-20(26)14-29(16-26)23(32)13-28-24(33)18-3-2-10-27-12-18/h2-3,5-8,10,12,20,22H,4,9,11,13-16H2,1H3,(H,28,33)/t20?,22-,26?/m0/s1. The first-order valence-corrected chi connectivity index (χ1v) is 11.9. The number of aromatic nitrogens is 1. The van der Waals surface area contributed by atoms with Gasteiger partial charge in [0.25, 0.3) is 5.91 Å². The highest BCUT2D eigenvalue weighted by Gasteiger charge is 2.61. The van der Waals surface area contributed by atoms with Gasteiger partial charge in [-0.25, -0.2) is 4.79 Å². The number of cyclic esters (lactones) is 1. The molecule has 1 aromatic heterocycles. The summed E-state index contributed by atoms with van der Waals surface area (Å²) in [5.41, 5.74) is 2.29. The maximum absolute atomic E-state index is 12.7. The third kappa shape index (κ3) is 4.62. The number of piperidine rings is 1. The molecule has 0 spiro atoms. The molecule has 35 heavy (non-hydrogen) atoms. The van der Waals surface area contributed by atoms with Crippen LogP contribution in [0.15, 0.2) is 48.8 Å². The summed E-state index contributed by atoms with van der Waals surface area (Å²) in [6.45, 7) is 3.23. The molecule has 9 heteroatoms. The topological polar surface area (TPSA) is 109 Å². The molecule has 2 aliphatic heterocycles. The molecule has 1 N–H and O–H groups in total. The van der Waals surface area contributed by atoms with Crippen LogP contribution >= 0.6 is 0 Å². The summed E-state index contributed by atoms with van der Waals surface area (Å²) in [4.78, 5) is 55.8. The SMILES string of the molecule is CC(=O)CC[C@H]1CN(c2ccc(C34CC3CN(C(=O)CNC(=O)c3cccnc3)C4)cc2)C(=O)O1. The van der Waals surface area contributed by atoms with Gasteiger partial charge in [0.1, 0.15) is 11.9 Å². The van der Waals surface area contributed by atoms with Crippen molar-refractivity contribution in [3.8, 4) is 0 Å². The van der Waals surface area contributed by atoms with Crippen LogP contribution in [0.3, 0.4) is 0 Å². The maximum Gasteiger partial charge on any atom is 0.414 e. The van der Waals surface area contributed by atoms with E-state index in [4.69, 9.17) is 4.74 Å². The zero-order valence-corrected chi connectivity index (χ0v) is 19.6. The number of hydrogen-bond acceptors (Lipinski definition) is 6. The van der Waals surface area contributed by atoms with Crippen LogP contribution in [0.4, 0.5) is 10.5 Å². The van der Waals surface area contributed by atoms with Crippen molar-refractivity contribution < 1.29 is 23.9 Å². The average Bonchev–Trinajstić information content (AvgIpc) is 3.23. The first-order valence-electron chi connectivity index (χ1n) is 11.9. The molecule has 182 valence electrons. The lowest BCUT2D eigenvalue weighted by Crippen LogP contribution is -2.40. The summed E-state index contributed by atoms with van der Waals surface area (Å²) in [5.74, 6) is 0.0769. The van der Waals surface area contributed by atoms with Crippen LogP contribution < -0.4 is 10.2 Å². The Hall–Kier alpha value is -3.75. The minimum absolute atomic E-state index is 0.0443. The Morgan fingerprint density at radius 3 is 2.69 bits per heavy atom. The summed E-state index contributed by atoms with van der Waals surface area (Å²) in [6.07, 6.45) is 4.36. The fourth-order valence-electron chi connectivity index (χ4n) is 5.21. The first-order chi connectivity index (χ1) is 16.9. The van der Waals surface area contributed by atoms with Crippen molar-refractivity contribution in [3.05, 3.63) is 59.9 Å². The number of carbonyl (C=O) groups excluding carboxylic acids is 4. The van der Waals surface area contributed by atoms with Crippen LogP contribution in [-0.4, -0.2) is 65.9 Å². The van der Waals surface area contributed by atoms with Crippen LogP contribution in [0.25, 0.3) is 0 Å². The van der Waals surface area contributed by atoms with E-state index in [-0.39, 0.29) is 41.8 Å². The van der Waals surface area contributed by atoms with E-state index < -0.39 is 0 Å². The molecule has 9 nitrogen and oxygen atoms in total. The summed E-state index contributed by atoms with van der Waals surface area (Å²) >= 11 is 0. The molecule has 5 rings (SSSR count). The third-order valence-electron chi connectivity index (χ3n) is 7.27. The van der Waals surface area contributed by atoms with Crippen molar-refractivity contribution in [1.29, 1.82) is 0 Å². The number of Topliss-reactive ketones (excluding diaryl/α,β-unsaturated/α-hetero) is 1. The smallest absolute Gasteiger partial charge is 0.414 e. The van der Waals surface area contributed by atoms with E-state index in [1.807, 2.05) is 29.2 Å². The fraction of sp³-hybridized carbons (Fsp3) is 0.423. The highest BCUT2D eigenvalue weighted by atomic mass is 16.6. The molecule has 0 radical (unpaired) electrons. The largest absolute Gasteiger partial charge is 0.444 e. The second kappa shape index (κ2) is 9.13. The maximum atomic E-state index is 12.7. The third-order valence-corrected chi connectivity index (χ3v) is 7.27. The van der Waals surface area contributed by atoms with Gasteiger partial charge in [-0.3, -0.25) is 19.5 Å². The van der Waals surface area contributed by atoms with E-state index in [0.29, 0.717) is 44.0 Å². The molecule has 3 heterocycles. The molecule has 2 aromatic rings. The van der Waals surface area contributed by atoms with Gasteiger partial charge >= 0.3 is 6.09 Å². The van der Waals surface area contributed by atoms with Gasteiger partial charge in [-0.15, -0.1) is 0 Å². The number of likely N-dealkylation sites (tertiary alicyclic amines) is 1. The van der Waals surface area contributed by atoms with Gasteiger partial charge in [0.2, 0.25) is 5.91 Å². The van der Waals surface area contributed by atoms with Crippen molar-refractivity contribution >= 4 is 29.4 Å². The lowest BCUT2D eigenvalue weighted by Gasteiger charge is -2.22. The van der Waals surface area contributed by atoms with Gasteiger partial charge in [0.15, 0.2) is 0 Å². The predicted octanol–water partition coefficient (Wildman–Crippen LogP) is 2.31. The van der Waals surface area contributed by atoms with E-state index in [2.05, 4.69) is 10.3 Å². The molecule has 3 fully saturated rings. The summed E-state index contributed by atoms with van der Waals surface area (Å²) in [6, 6.07) is 11.2. The Balaban J connectivity index is 1.17. The Labute approximate surface area is 203 Å². The quantitative estimate of drug-likeness (QED) is 0.626. The highest BCUT2D eigenvalue weighted by molar-refractivity contribution is 5.96. The second-order valence-electron chi connectivity index (χ2n) is 9.66. The molecule has 3 atom stereocenters. The monoisotopic (exact) mass is 476 g/mol. The van der Waals surface area contributed by atoms with Gasteiger partial charge < -0.3 is 19.7 Å². The molecule has 2 saturated heterocycles. The summed E-state index contributed by atoms with van der Waals surface area (Å²) < 4.78 is 5.40. The van der Waals surface area contributed by atoms with Crippen LogP contribution in [0, 0.1) is 5.92 Å². The van der Waals surface area contributed by atoms with E-state index in [1.165, 1.54) is 13.1 Å². The molecule has 1 aliphatic carbocycles. The number of benzene rings is 1. The zero-order valence-electron chi connectivity index (χ0n) is 19.6. The normalized spacial score (nSPS) is 24.7. The predicted molar refractivity (Wildman–Crippen MR) is 127 cm³/mol. The molecule has 2 unspecified atom stereocenters. The molecule has 1 saturated carbocycles. The number of rotatable bonds is 8. The lowest BCUT2D eigenvalue weighted by atomic mass is 9.94. The molecule has 1 aromatic carbocycles. The van der Waals surface area contributed by atoms with Gasteiger partial charge in [0.05, 0.1) is 18.7 Å². The summed E-state index contributed by atoms with van der Waals surface area (Å²) in [7, 11) is 0. The van der Waals surface area contributed by atoms with Crippen LogP contribution in [0.2, 0.25) is 0 Å².